The number of thiophene rings is 1. The first-order chi connectivity index (χ1) is 8.79. The first kappa shape index (κ1) is 16.7. The summed E-state index contributed by atoms with van der Waals surface area (Å²) in [5.74, 6) is 0.0129. The van der Waals surface area contributed by atoms with Crippen LogP contribution in [-0.4, -0.2) is 23.7 Å². The minimum Gasteiger partial charge on any atom is -0.391 e. The zero-order chi connectivity index (χ0) is 14.5. The first-order valence-corrected chi connectivity index (χ1v) is 8.09. The number of hydrogen-bond donors (Lipinski definition) is 2. The molecule has 108 valence electrons. The molecule has 0 spiro atoms. The van der Waals surface area contributed by atoms with Crippen LogP contribution in [-0.2, 0) is 11.2 Å². The molecule has 0 radical (unpaired) electrons. The lowest BCUT2D eigenvalue weighted by Gasteiger charge is -2.25. The second-order valence-corrected chi connectivity index (χ2v) is 8.29. The monoisotopic (exact) mass is 347 g/mol. The number of aliphatic hydroxyl groups excluding tert-OH is 1. The molecule has 0 aliphatic carbocycles. The average molecular weight is 348 g/mol. The van der Waals surface area contributed by atoms with E-state index in [1.54, 1.807) is 11.3 Å². The summed E-state index contributed by atoms with van der Waals surface area (Å²) in [5.41, 5.74) is -0.198. The maximum atomic E-state index is 11.6. The van der Waals surface area contributed by atoms with Crippen LogP contribution >= 0.6 is 27.3 Å². The highest BCUT2D eigenvalue weighted by Gasteiger charge is 2.22. The molecule has 0 saturated heterocycles. The maximum Gasteiger partial charge on any atom is 0.220 e. The van der Waals surface area contributed by atoms with Gasteiger partial charge in [-0.25, -0.2) is 0 Å². The van der Waals surface area contributed by atoms with Crippen LogP contribution in [0.15, 0.2) is 15.9 Å². The van der Waals surface area contributed by atoms with Crippen LogP contribution in [0.1, 0.15) is 38.5 Å². The molecule has 1 aromatic rings. The van der Waals surface area contributed by atoms with E-state index < -0.39 is 6.10 Å². The van der Waals surface area contributed by atoms with Crippen molar-refractivity contribution in [2.45, 2.75) is 46.1 Å². The van der Waals surface area contributed by atoms with Crippen LogP contribution in [0.3, 0.4) is 0 Å². The number of hydrogen-bond acceptors (Lipinski definition) is 3. The summed E-state index contributed by atoms with van der Waals surface area (Å²) < 4.78 is 1.13. The van der Waals surface area contributed by atoms with Crippen molar-refractivity contribution in [3.05, 3.63) is 20.8 Å². The molecule has 1 atom stereocenters. The van der Waals surface area contributed by atoms with Crippen LogP contribution in [0.25, 0.3) is 0 Å². The van der Waals surface area contributed by atoms with Gasteiger partial charge in [0.2, 0.25) is 5.91 Å². The standard InChI is InChI=1S/C14H22BrNO2S/c1-14(2,3)11(17)9-16-13(18)6-4-5-10-7-8-12(15)19-10/h7-8,11,17H,4-6,9H2,1-3H3,(H,16,18). The van der Waals surface area contributed by atoms with Gasteiger partial charge >= 0.3 is 0 Å². The molecule has 0 aromatic carbocycles. The first-order valence-electron chi connectivity index (χ1n) is 6.48. The highest BCUT2D eigenvalue weighted by molar-refractivity contribution is 9.11. The molecule has 1 unspecified atom stereocenters. The van der Waals surface area contributed by atoms with Gasteiger partial charge in [-0.15, -0.1) is 11.3 Å². The molecule has 1 aromatic heterocycles. The fraction of sp³-hybridized carbons (Fsp3) is 0.643. The summed E-state index contributed by atoms with van der Waals surface area (Å²) in [5, 5.41) is 12.6. The molecule has 2 N–H and O–H groups in total. The minimum absolute atomic E-state index is 0.0129. The average Bonchev–Trinajstić information content (AvgIpc) is 2.70. The van der Waals surface area contributed by atoms with E-state index in [9.17, 15) is 9.90 Å². The number of carbonyl (C=O) groups is 1. The smallest absolute Gasteiger partial charge is 0.220 e. The van der Waals surface area contributed by atoms with Crippen molar-refractivity contribution in [2.24, 2.45) is 5.41 Å². The Morgan fingerprint density at radius 3 is 2.68 bits per heavy atom. The number of aryl methyl sites for hydroxylation is 1. The second-order valence-electron chi connectivity index (χ2n) is 5.75. The van der Waals surface area contributed by atoms with Gasteiger partial charge in [-0.1, -0.05) is 20.8 Å². The van der Waals surface area contributed by atoms with E-state index in [-0.39, 0.29) is 11.3 Å². The van der Waals surface area contributed by atoms with Crippen molar-refractivity contribution in [3.63, 3.8) is 0 Å². The number of nitrogens with one attached hydrogen (secondary N) is 1. The van der Waals surface area contributed by atoms with Crippen molar-refractivity contribution in [1.29, 1.82) is 0 Å². The Bertz CT molecular complexity index is 412. The normalized spacial score (nSPS) is 13.3. The van der Waals surface area contributed by atoms with Gasteiger partial charge in [0.05, 0.1) is 9.89 Å². The van der Waals surface area contributed by atoms with Crippen molar-refractivity contribution in [1.82, 2.24) is 5.32 Å². The van der Waals surface area contributed by atoms with Gasteiger partial charge in [0.15, 0.2) is 0 Å². The Kier molecular flexibility index (Phi) is 6.50. The summed E-state index contributed by atoms with van der Waals surface area (Å²) in [6.45, 7) is 6.20. The SMILES string of the molecule is CC(C)(C)C(O)CNC(=O)CCCc1ccc(Br)s1. The highest BCUT2D eigenvalue weighted by Crippen LogP contribution is 2.23. The number of aliphatic hydroxyl groups is 1. The molecule has 1 heterocycles. The molecule has 19 heavy (non-hydrogen) atoms. The third-order valence-corrected chi connectivity index (χ3v) is 4.63. The molecule has 0 aliphatic rings. The molecule has 1 rings (SSSR count). The Hall–Kier alpha value is -0.390. The highest BCUT2D eigenvalue weighted by atomic mass is 79.9. The second kappa shape index (κ2) is 7.41. The van der Waals surface area contributed by atoms with Crippen molar-refractivity contribution in [2.75, 3.05) is 6.54 Å². The largest absolute Gasteiger partial charge is 0.391 e. The van der Waals surface area contributed by atoms with E-state index in [0.717, 1.165) is 16.6 Å². The molecule has 0 bridgehead atoms. The molecule has 0 aliphatic heterocycles. The predicted molar refractivity (Wildman–Crippen MR) is 83.4 cm³/mol. The van der Waals surface area contributed by atoms with Gasteiger partial charge in [0, 0.05) is 17.8 Å². The lowest BCUT2D eigenvalue weighted by atomic mass is 9.89. The Morgan fingerprint density at radius 1 is 1.47 bits per heavy atom. The zero-order valence-electron chi connectivity index (χ0n) is 11.7. The number of rotatable bonds is 6. The molecule has 5 heteroatoms. The summed E-state index contributed by atoms with van der Waals surface area (Å²) in [6, 6.07) is 4.11. The maximum absolute atomic E-state index is 11.6. The summed E-state index contributed by atoms with van der Waals surface area (Å²) in [4.78, 5) is 12.9. The lowest BCUT2D eigenvalue weighted by molar-refractivity contribution is -0.122. The Labute approximate surface area is 127 Å². The fourth-order valence-corrected chi connectivity index (χ4v) is 3.04. The van der Waals surface area contributed by atoms with E-state index >= 15 is 0 Å². The Balaban J connectivity index is 2.18. The lowest BCUT2D eigenvalue weighted by Crippen LogP contribution is -2.39. The van der Waals surface area contributed by atoms with E-state index in [0.29, 0.717) is 13.0 Å². The molecule has 0 fully saturated rings. The molecule has 0 saturated carbocycles. The van der Waals surface area contributed by atoms with Gasteiger partial charge < -0.3 is 10.4 Å². The van der Waals surface area contributed by atoms with Crippen molar-refractivity contribution >= 4 is 33.2 Å². The predicted octanol–water partition coefficient (Wildman–Crippen LogP) is 3.36. The van der Waals surface area contributed by atoms with E-state index in [1.165, 1.54) is 4.88 Å². The Morgan fingerprint density at radius 2 is 2.16 bits per heavy atom. The van der Waals surface area contributed by atoms with Crippen LogP contribution in [0.5, 0.6) is 0 Å². The van der Waals surface area contributed by atoms with Gasteiger partial charge in [-0.2, -0.15) is 0 Å². The van der Waals surface area contributed by atoms with Crippen LogP contribution in [0.2, 0.25) is 0 Å². The van der Waals surface area contributed by atoms with Crippen molar-refractivity contribution < 1.29 is 9.90 Å². The van der Waals surface area contributed by atoms with Gasteiger partial charge in [0.25, 0.3) is 0 Å². The van der Waals surface area contributed by atoms with Crippen molar-refractivity contribution in [3.8, 4) is 0 Å². The summed E-state index contributed by atoms with van der Waals surface area (Å²) in [7, 11) is 0. The number of halogens is 1. The van der Waals surface area contributed by atoms with Gasteiger partial charge in [-0.3, -0.25) is 4.79 Å². The van der Waals surface area contributed by atoms with Gasteiger partial charge in [0.1, 0.15) is 0 Å². The van der Waals surface area contributed by atoms with Crippen LogP contribution in [0, 0.1) is 5.41 Å². The number of amides is 1. The minimum atomic E-state index is -0.510. The fourth-order valence-electron chi connectivity index (χ4n) is 1.51. The van der Waals surface area contributed by atoms with E-state index in [2.05, 4.69) is 27.3 Å². The summed E-state index contributed by atoms with van der Waals surface area (Å²) >= 11 is 5.13. The zero-order valence-corrected chi connectivity index (χ0v) is 14.1. The van der Waals surface area contributed by atoms with Gasteiger partial charge in [-0.05, 0) is 46.3 Å². The molecular weight excluding hydrogens is 326 g/mol. The number of carbonyl (C=O) groups excluding carboxylic acids is 1. The van der Waals surface area contributed by atoms with Crippen LogP contribution in [0.4, 0.5) is 0 Å². The molecular formula is C14H22BrNO2S. The molecule has 3 nitrogen and oxygen atoms in total. The quantitative estimate of drug-likeness (QED) is 0.828. The van der Waals surface area contributed by atoms with E-state index in [1.807, 2.05) is 26.8 Å². The van der Waals surface area contributed by atoms with Crippen LogP contribution < -0.4 is 5.32 Å². The third kappa shape index (κ3) is 6.54. The third-order valence-electron chi connectivity index (χ3n) is 2.95. The topological polar surface area (TPSA) is 49.3 Å². The molecule has 1 amide bonds. The van der Waals surface area contributed by atoms with E-state index in [4.69, 9.17) is 0 Å². The summed E-state index contributed by atoms with van der Waals surface area (Å²) in [6.07, 6.45) is 1.76.